The van der Waals surface area contributed by atoms with Gasteiger partial charge in [0.15, 0.2) is 16.7 Å². The molecule has 0 spiro atoms. The number of carbonyl (C=O) groups is 2. The first-order chi connectivity index (χ1) is 15.3. The molecule has 1 saturated heterocycles. The largest absolute Gasteiger partial charge is 0.445 e. The Balaban J connectivity index is 1.36. The van der Waals surface area contributed by atoms with E-state index in [1.54, 1.807) is 26.0 Å². The molecule has 1 aromatic carbocycles. The van der Waals surface area contributed by atoms with Gasteiger partial charge in [-0.3, -0.25) is 9.59 Å². The Morgan fingerprint density at radius 2 is 2.09 bits per heavy atom. The van der Waals surface area contributed by atoms with Crippen LogP contribution in [0.3, 0.4) is 0 Å². The molecule has 2 fully saturated rings. The minimum atomic E-state index is -0.393. The van der Waals surface area contributed by atoms with Gasteiger partial charge >= 0.3 is 0 Å². The maximum atomic E-state index is 13.8. The third kappa shape index (κ3) is 3.64. The summed E-state index contributed by atoms with van der Waals surface area (Å²) in [5, 5.41) is 3.13. The fourth-order valence-electron chi connectivity index (χ4n) is 4.52. The number of fused-ring (bicyclic) bond motifs is 1. The first kappa shape index (κ1) is 20.6. The van der Waals surface area contributed by atoms with Crippen molar-refractivity contribution in [3.05, 3.63) is 53.1 Å². The zero-order chi connectivity index (χ0) is 22.6. The minimum absolute atomic E-state index is 0.128. The number of anilines is 1. The van der Waals surface area contributed by atoms with Crippen LogP contribution in [0.15, 0.2) is 28.7 Å². The van der Waals surface area contributed by atoms with Crippen molar-refractivity contribution >= 4 is 28.3 Å². The predicted octanol–water partition coefficient (Wildman–Crippen LogP) is 3.17. The molecule has 0 bridgehead atoms. The summed E-state index contributed by atoms with van der Waals surface area (Å²) in [6, 6.07) is 6.01. The van der Waals surface area contributed by atoms with Crippen molar-refractivity contribution in [2.75, 3.05) is 12.3 Å². The average molecular weight is 456 g/mol. The van der Waals surface area contributed by atoms with Gasteiger partial charge in [0, 0.05) is 19.5 Å². The molecule has 2 aliphatic rings. The lowest BCUT2D eigenvalue weighted by Gasteiger charge is -2.27. The second kappa shape index (κ2) is 7.70. The van der Waals surface area contributed by atoms with Crippen molar-refractivity contribution < 1.29 is 18.4 Å². The lowest BCUT2D eigenvalue weighted by molar-refractivity contribution is 0.0684. The number of nitrogen functional groups attached to an aromatic ring is 1. The molecule has 2 amide bonds. The number of halogens is 1. The number of rotatable bonds is 5. The van der Waals surface area contributed by atoms with Crippen LogP contribution in [0.5, 0.6) is 0 Å². The maximum absolute atomic E-state index is 13.8. The Labute approximate surface area is 187 Å². The summed E-state index contributed by atoms with van der Waals surface area (Å²) in [6.45, 7) is 3.68. The van der Waals surface area contributed by atoms with E-state index >= 15 is 0 Å². The highest BCUT2D eigenvalue weighted by Crippen LogP contribution is 2.49. The fourth-order valence-corrected chi connectivity index (χ4v) is 5.34. The molecule has 5 rings (SSSR count). The van der Waals surface area contributed by atoms with E-state index in [0.29, 0.717) is 34.6 Å². The molecule has 1 aliphatic carbocycles. The molecule has 0 radical (unpaired) electrons. The van der Waals surface area contributed by atoms with Crippen molar-refractivity contribution in [3.63, 3.8) is 0 Å². The zero-order valence-electron chi connectivity index (χ0n) is 17.6. The molecular weight excluding hydrogens is 433 g/mol. The van der Waals surface area contributed by atoms with E-state index in [1.165, 1.54) is 12.1 Å². The van der Waals surface area contributed by atoms with Gasteiger partial charge in [-0.15, -0.1) is 0 Å². The fraction of sp³-hybridized carbons (Fsp3) is 0.364. The summed E-state index contributed by atoms with van der Waals surface area (Å²) in [5.74, 6) is 0.346. The van der Waals surface area contributed by atoms with Gasteiger partial charge in [0.2, 0.25) is 0 Å². The summed E-state index contributed by atoms with van der Waals surface area (Å²) in [4.78, 5) is 36.8. The topological polar surface area (TPSA) is 114 Å². The van der Waals surface area contributed by atoms with E-state index in [0.717, 1.165) is 24.2 Å². The van der Waals surface area contributed by atoms with E-state index < -0.39 is 5.82 Å². The maximum Gasteiger partial charge on any atom is 0.274 e. The van der Waals surface area contributed by atoms with Crippen LogP contribution in [0.1, 0.15) is 45.5 Å². The number of nitrogens with zero attached hydrogens (tertiary/aromatic N) is 3. The summed E-state index contributed by atoms with van der Waals surface area (Å²) in [5.41, 5.74) is 6.97. The Hall–Kier alpha value is -3.27. The molecular formula is C22H22FN5O3S. The first-order valence-electron chi connectivity index (χ1n) is 10.4. The van der Waals surface area contributed by atoms with Crippen LogP contribution in [-0.4, -0.2) is 45.3 Å². The van der Waals surface area contributed by atoms with Crippen LogP contribution >= 0.6 is 11.3 Å². The molecule has 3 aromatic rings. The highest BCUT2D eigenvalue weighted by Gasteiger charge is 2.54. The number of hydrogen-bond donors (Lipinski definition) is 2. The van der Waals surface area contributed by atoms with E-state index in [4.69, 9.17) is 10.2 Å². The number of carbonyl (C=O) groups excluding carboxylic acids is 2. The second-order valence-corrected chi connectivity index (χ2v) is 9.28. The molecule has 3 heterocycles. The highest BCUT2D eigenvalue weighted by molar-refractivity contribution is 7.19. The van der Waals surface area contributed by atoms with Gasteiger partial charge in [-0.05, 0) is 43.4 Å². The van der Waals surface area contributed by atoms with Gasteiger partial charge in [-0.1, -0.05) is 23.5 Å². The van der Waals surface area contributed by atoms with E-state index in [2.05, 4.69) is 15.3 Å². The zero-order valence-corrected chi connectivity index (χ0v) is 18.4. The number of hydrogen-bond acceptors (Lipinski definition) is 7. The van der Waals surface area contributed by atoms with Crippen molar-refractivity contribution in [3.8, 4) is 10.4 Å². The van der Waals surface area contributed by atoms with Crippen LogP contribution in [0.25, 0.3) is 10.4 Å². The van der Waals surface area contributed by atoms with E-state index in [1.807, 2.05) is 4.90 Å². The van der Waals surface area contributed by atoms with Gasteiger partial charge in [-0.25, -0.2) is 14.4 Å². The summed E-state index contributed by atoms with van der Waals surface area (Å²) < 4.78 is 19.1. The monoisotopic (exact) mass is 455 g/mol. The number of oxazole rings is 1. The number of piperidine rings is 1. The Morgan fingerprint density at radius 1 is 1.28 bits per heavy atom. The molecule has 3 atom stereocenters. The SMILES string of the molecule is Cc1nc(C(=O)NC[C@@H]2CC3CC3N2C(=O)c2nc(N)sc2-c2cccc(F)c2)c(C)o1. The molecule has 32 heavy (non-hydrogen) atoms. The van der Waals surface area contributed by atoms with Gasteiger partial charge < -0.3 is 20.4 Å². The Morgan fingerprint density at radius 3 is 2.81 bits per heavy atom. The van der Waals surface area contributed by atoms with Crippen LogP contribution < -0.4 is 11.1 Å². The van der Waals surface area contributed by atoms with E-state index in [9.17, 15) is 14.0 Å². The number of nitrogens with two attached hydrogens (primary N) is 1. The molecule has 3 N–H and O–H groups in total. The quantitative estimate of drug-likeness (QED) is 0.611. The average Bonchev–Trinajstić information content (AvgIpc) is 3.06. The van der Waals surface area contributed by atoms with Gasteiger partial charge in [0.05, 0.1) is 10.9 Å². The lowest BCUT2D eigenvalue weighted by Crippen LogP contribution is -2.45. The van der Waals surface area contributed by atoms with Gasteiger partial charge in [-0.2, -0.15) is 0 Å². The number of benzene rings is 1. The number of thiazole rings is 1. The van der Waals surface area contributed by atoms with Gasteiger partial charge in [0.1, 0.15) is 17.3 Å². The molecule has 10 heteroatoms. The normalized spacial score (nSPS) is 21.5. The van der Waals surface area contributed by atoms with Crippen LogP contribution in [0.2, 0.25) is 0 Å². The van der Waals surface area contributed by atoms with E-state index in [-0.39, 0.29) is 40.4 Å². The number of aryl methyl sites for hydroxylation is 2. The predicted molar refractivity (Wildman–Crippen MR) is 117 cm³/mol. The number of likely N-dealkylation sites (tertiary alicyclic amines) is 1. The van der Waals surface area contributed by atoms with Crippen LogP contribution in [0, 0.1) is 25.6 Å². The molecule has 2 unspecified atom stereocenters. The van der Waals surface area contributed by atoms with Crippen LogP contribution in [0.4, 0.5) is 9.52 Å². The lowest BCUT2D eigenvalue weighted by atomic mass is 10.1. The standard InChI is InChI=1S/C22H22FN5O3S/c1-10-17(26-11(2)31-10)20(29)25-9-15-7-13-8-16(13)28(15)21(30)18-19(32-22(24)27-18)12-4-3-5-14(23)6-12/h3-6,13,15-16H,7-9H2,1-2H3,(H2,24,27)(H,25,29)/t13?,15-,16?/m0/s1. The van der Waals surface area contributed by atoms with Crippen molar-refractivity contribution in [2.24, 2.45) is 5.92 Å². The number of amides is 2. The number of nitrogens with one attached hydrogen (secondary N) is 1. The van der Waals surface area contributed by atoms with Crippen molar-refractivity contribution in [1.29, 1.82) is 0 Å². The summed E-state index contributed by atoms with van der Waals surface area (Å²) in [7, 11) is 0. The third-order valence-corrected chi connectivity index (χ3v) is 6.93. The molecule has 1 aliphatic heterocycles. The first-order valence-corrected chi connectivity index (χ1v) is 11.2. The smallest absolute Gasteiger partial charge is 0.274 e. The van der Waals surface area contributed by atoms with Crippen LogP contribution in [-0.2, 0) is 0 Å². The Bertz CT molecular complexity index is 1220. The summed E-state index contributed by atoms with van der Waals surface area (Å²) >= 11 is 1.16. The summed E-state index contributed by atoms with van der Waals surface area (Å²) in [6.07, 6.45) is 1.75. The molecule has 8 nitrogen and oxygen atoms in total. The Kier molecular flexibility index (Phi) is 4.96. The van der Waals surface area contributed by atoms with Crippen molar-refractivity contribution in [1.82, 2.24) is 20.2 Å². The van der Waals surface area contributed by atoms with Gasteiger partial charge in [0.25, 0.3) is 11.8 Å². The molecule has 1 saturated carbocycles. The molecule has 166 valence electrons. The number of aromatic nitrogens is 2. The third-order valence-electron chi connectivity index (χ3n) is 6.00. The second-order valence-electron chi connectivity index (χ2n) is 8.25. The molecule has 2 aromatic heterocycles. The van der Waals surface area contributed by atoms with Crippen molar-refractivity contribution in [2.45, 2.75) is 38.8 Å². The minimum Gasteiger partial charge on any atom is -0.445 e. The highest BCUT2D eigenvalue weighted by atomic mass is 32.1.